The maximum absolute atomic E-state index is 13.3. The van der Waals surface area contributed by atoms with Gasteiger partial charge in [0.25, 0.3) is 5.91 Å². The molecule has 0 fully saturated rings. The third-order valence-corrected chi connectivity index (χ3v) is 6.01. The summed E-state index contributed by atoms with van der Waals surface area (Å²) < 4.78 is 12.7. The lowest BCUT2D eigenvalue weighted by atomic mass is 10.2. The van der Waals surface area contributed by atoms with E-state index >= 15 is 0 Å². The van der Waals surface area contributed by atoms with Crippen LogP contribution in [0, 0.1) is 6.92 Å². The molecule has 0 aliphatic heterocycles. The summed E-state index contributed by atoms with van der Waals surface area (Å²) in [5.74, 6) is 1.74. The van der Waals surface area contributed by atoms with E-state index in [0.29, 0.717) is 31.8 Å². The lowest BCUT2D eigenvalue weighted by Crippen LogP contribution is -2.29. The first-order chi connectivity index (χ1) is 17.0. The van der Waals surface area contributed by atoms with Gasteiger partial charge in [-0.1, -0.05) is 42.5 Å². The molecular formula is C28H32N4O3. The first-order valence-electron chi connectivity index (χ1n) is 11.6. The van der Waals surface area contributed by atoms with E-state index in [1.54, 1.807) is 19.1 Å². The summed E-state index contributed by atoms with van der Waals surface area (Å²) in [5, 5.41) is 0. The molecule has 182 valence electrons. The molecule has 0 aliphatic rings. The standard InChI is InChI=1S/C28H32N4O3/c1-21-27(31(16-17-34-3)19-23-10-13-25(35-4)14-11-23)32-20-24(12-15-26(32)29-21)28(33)30(2)18-22-8-6-5-7-9-22/h5-15,20H,16-19H2,1-4H3. The Labute approximate surface area is 206 Å². The van der Waals surface area contributed by atoms with E-state index in [1.807, 2.05) is 79.2 Å². The number of rotatable bonds is 10. The Morgan fingerprint density at radius 1 is 0.943 bits per heavy atom. The van der Waals surface area contributed by atoms with Crippen molar-refractivity contribution in [2.24, 2.45) is 0 Å². The van der Waals surface area contributed by atoms with E-state index in [-0.39, 0.29) is 5.91 Å². The summed E-state index contributed by atoms with van der Waals surface area (Å²) in [5.41, 5.74) is 4.55. The SMILES string of the molecule is COCCN(Cc1ccc(OC)cc1)c1c(C)nc2ccc(C(=O)N(C)Cc3ccccc3)cn12. The highest BCUT2D eigenvalue weighted by molar-refractivity contribution is 5.94. The van der Waals surface area contributed by atoms with E-state index in [9.17, 15) is 4.79 Å². The number of aryl methyl sites for hydroxylation is 1. The van der Waals surface area contributed by atoms with Crippen LogP contribution in [0.2, 0.25) is 0 Å². The van der Waals surface area contributed by atoms with Crippen molar-refractivity contribution in [2.75, 3.05) is 39.3 Å². The molecule has 2 heterocycles. The number of anilines is 1. The number of benzene rings is 2. The van der Waals surface area contributed by atoms with Gasteiger partial charge in [0.05, 0.1) is 25.0 Å². The van der Waals surface area contributed by atoms with Crippen LogP contribution < -0.4 is 9.64 Å². The van der Waals surface area contributed by atoms with Gasteiger partial charge < -0.3 is 19.3 Å². The summed E-state index contributed by atoms with van der Waals surface area (Å²) in [6.45, 7) is 4.47. The van der Waals surface area contributed by atoms with Gasteiger partial charge in [0.2, 0.25) is 0 Å². The van der Waals surface area contributed by atoms with Gasteiger partial charge in [-0.3, -0.25) is 9.20 Å². The number of hydrogen-bond donors (Lipinski definition) is 0. The number of pyridine rings is 1. The van der Waals surface area contributed by atoms with E-state index < -0.39 is 0 Å². The zero-order valence-electron chi connectivity index (χ0n) is 20.8. The van der Waals surface area contributed by atoms with Crippen LogP contribution in [0.15, 0.2) is 72.9 Å². The second kappa shape index (κ2) is 11.1. The van der Waals surface area contributed by atoms with Crippen molar-refractivity contribution in [2.45, 2.75) is 20.0 Å². The highest BCUT2D eigenvalue weighted by Crippen LogP contribution is 2.25. The predicted octanol–water partition coefficient (Wildman–Crippen LogP) is 4.58. The number of carbonyl (C=O) groups is 1. The van der Waals surface area contributed by atoms with Gasteiger partial charge in [-0.15, -0.1) is 0 Å². The van der Waals surface area contributed by atoms with Crippen LogP contribution in [0.4, 0.5) is 5.82 Å². The van der Waals surface area contributed by atoms with Crippen molar-refractivity contribution in [3.05, 3.63) is 95.3 Å². The molecular weight excluding hydrogens is 440 g/mol. The van der Waals surface area contributed by atoms with E-state index in [4.69, 9.17) is 14.5 Å². The van der Waals surface area contributed by atoms with Crippen LogP contribution in [-0.2, 0) is 17.8 Å². The Kier molecular flexibility index (Phi) is 7.67. The Hall–Kier alpha value is -3.84. The van der Waals surface area contributed by atoms with Gasteiger partial charge in [0.15, 0.2) is 0 Å². The number of amides is 1. The summed E-state index contributed by atoms with van der Waals surface area (Å²) in [6.07, 6.45) is 1.89. The van der Waals surface area contributed by atoms with Crippen LogP contribution in [-0.4, -0.2) is 54.6 Å². The lowest BCUT2D eigenvalue weighted by molar-refractivity contribution is 0.0784. The summed E-state index contributed by atoms with van der Waals surface area (Å²) in [6, 6.07) is 21.8. The van der Waals surface area contributed by atoms with Crippen molar-refractivity contribution in [3.8, 4) is 5.75 Å². The van der Waals surface area contributed by atoms with Crippen LogP contribution in [0.3, 0.4) is 0 Å². The molecule has 0 saturated carbocycles. The molecule has 0 unspecified atom stereocenters. The largest absolute Gasteiger partial charge is 0.497 e. The molecule has 0 bridgehead atoms. The highest BCUT2D eigenvalue weighted by atomic mass is 16.5. The van der Waals surface area contributed by atoms with Gasteiger partial charge in [-0.05, 0) is 42.3 Å². The zero-order chi connectivity index (χ0) is 24.8. The number of hydrogen-bond acceptors (Lipinski definition) is 5. The molecule has 0 N–H and O–H groups in total. The molecule has 0 radical (unpaired) electrons. The summed E-state index contributed by atoms with van der Waals surface area (Å²) in [7, 11) is 5.19. The maximum Gasteiger partial charge on any atom is 0.255 e. The second-order valence-electron chi connectivity index (χ2n) is 8.58. The van der Waals surface area contributed by atoms with E-state index in [2.05, 4.69) is 17.0 Å². The molecule has 7 nitrogen and oxygen atoms in total. The third kappa shape index (κ3) is 5.63. The minimum absolute atomic E-state index is 0.0355. The molecule has 0 spiro atoms. The molecule has 0 atom stereocenters. The average Bonchev–Trinajstić information content (AvgIpc) is 3.21. The van der Waals surface area contributed by atoms with Crippen molar-refractivity contribution in [1.82, 2.24) is 14.3 Å². The van der Waals surface area contributed by atoms with Crippen LogP contribution in [0.1, 0.15) is 27.2 Å². The molecule has 2 aromatic heterocycles. The fourth-order valence-corrected chi connectivity index (χ4v) is 4.22. The quantitative estimate of drug-likeness (QED) is 0.338. The van der Waals surface area contributed by atoms with Gasteiger partial charge in [-0.25, -0.2) is 4.98 Å². The Morgan fingerprint density at radius 2 is 1.66 bits per heavy atom. The van der Waals surface area contributed by atoms with Crippen molar-refractivity contribution < 1.29 is 14.3 Å². The lowest BCUT2D eigenvalue weighted by Gasteiger charge is -2.25. The predicted molar refractivity (Wildman–Crippen MR) is 138 cm³/mol. The number of methoxy groups -OCH3 is 2. The Bertz CT molecular complexity index is 1270. The second-order valence-corrected chi connectivity index (χ2v) is 8.58. The topological polar surface area (TPSA) is 59.3 Å². The number of fused-ring (bicyclic) bond motifs is 1. The van der Waals surface area contributed by atoms with E-state index in [0.717, 1.165) is 34.0 Å². The number of imidazole rings is 1. The molecule has 4 rings (SSSR count). The van der Waals surface area contributed by atoms with Gasteiger partial charge in [0, 0.05) is 40.0 Å². The highest BCUT2D eigenvalue weighted by Gasteiger charge is 2.19. The van der Waals surface area contributed by atoms with Crippen LogP contribution in [0.25, 0.3) is 5.65 Å². The molecule has 2 aromatic carbocycles. The fraction of sp³-hybridized carbons (Fsp3) is 0.286. The van der Waals surface area contributed by atoms with Crippen molar-refractivity contribution >= 4 is 17.4 Å². The monoisotopic (exact) mass is 472 g/mol. The average molecular weight is 473 g/mol. The minimum Gasteiger partial charge on any atom is -0.497 e. The number of ether oxygens (including phenoxy) is 2. The zero-order valence-corrected chi connectivity index (χ0v) is 20.8. The number of carbonyl (C=O) groups excluding carboxylic acids is 1. The number of aromatic nitrogens is 2. The van der Waals surface area contributed by atoms with Gasteiger partial charge in [0.1, 0.15) is 17.2 Å². The first kappa shape index (κ1) is 24.3. The maximum atomic E-state index is 13.3. The van der Waals surface area contributed by atoms with Crippen LogP contribution in [0.5, 0.6) is 5.75 Å². The van der Waals surface area contributed by atoms with Crippen molar-refractivity contribution in [1.29, 1.82) is 0 Å². The summed E-state index contributed by atoms with van der Waals surface area (Å²) >= 11 is 0. The van der Waals surface area contributed by atoms with Crippen LogP contribution >= 0.6 is 0 Å². The normalized spacial score (nSPS) is 11.0. The Morgan fingerprint density at radius 3 is 2.34 bits per heavy atom. The molecule has 0 saturated heterocycles. The summed E-state index contributed by atoms with van der Waals surface area (Å²) in [4.78, 5) is 22.0. The molecule has 35 heavy (non-hydrogen) atoms. The van der Waals surface area contributed by atoms with Crippen molar-refractivity contribution in [3.63, 3.8) is 0 Å². The fourth-order valence-electron chi connectivity index (χ4n) is 4.22. The smallest absolute Gasteiger partial charge is 0.255 e. The van der Waals surface area contributed by atoms with Gasteiger partial charge in [-0.2, -0.15) is 0 Å². The minimum atomic E-state index is -0.0355. The molecule has 0 aliphatic carbocycles. The molecule has 4 aromatic rings. The van der Waals surface area contributed by atoms with Gasteiger partial charge >= 0.3 is 0 Å². The Balaban J connectivity index is 1.65. The van der Waals surface area contributed by atoms with E-state index in [1.165, 1.54) is 0 Å². The molecule has 7 heteroatoms. The first-order valence-corrected chi connectivity index (χ1v) is 11.6. The third-order valence-electron chi connectivity index (χ3n) is 6.01. The number of nitrogens with zero attached hydrogens (tertiary/aromatic N) is 4. The molecule has 1 amide bonds.